The SMILES string of the molecule is CC(C)(CN)C(=O)NCCNC(=O)C1CC1. The van der Waals surface area contributed by atoms with Crippen molar-refractivity contribution in [3.05, 3.63) is 0 Å². The summed E-state index contributed by atoms with van der Waals surface area (Å²) in [5.41, 5.74) is 4.94. The van der Waals surface area contributed by atoms with Gasteiger partial charge in [0.05, 0.1) is 5.41 Å². The fourth-order valence-corrected chi connectivity index (χ4v) is 1.18. The summed E-state index contributed by atoms with van der Waals surface area (Å²) in [4.78, 5) is 22.8. The number of amides is 2. The molecule has 4 N–H and O–H groups in total. The molecule has 0 aromatic rings. The first-order valence-electron chi connectivity index (χ1n) is 5.73. The predicted octanol–water partition coefficient (Wildman–Crippen LogP) is -0.386. The Labute approximate surface area is 96.1 Å². The Hall–Kier alpha value is -1.10. The van der Waals surface area contributed by atoms with Crippen molar-refractivity contribution in [2.45, 2.75) is 26.7 Å². The molecule has 1 saturated carbocycles. The first-order chi connectivity index (χ1) is 7.47. The minimum atomic E-state index is -0.541. The van der Waals surface area contributed by atoms with Gasteiger partial charge in [-0.05, 0) is 26.7 Å². The maximum atomic E-state index is 11.6. The van der Waals surface area contributed by atoms with Gasteiger partial charge in [0.1, 0.15) is 0 Å². The number of nitrogens with two attached hydrogens (primary N) is 1. The highest BCUT2D eigenvalue weighted by molar-refractivity contribution is 5.82. The number of hydrogen-bond donors (Lipinski definition) is 3. The van der Waals surface area contributed by atoms with Crippen LogP contribution in [0.2, 0.25) is 0 Å². The fraction of sp³-hybridized carbons (Fsp3) is 0.818. The number of carbonyl (C=O) groups is 2. The molecule has 0 unspecified atom stereocenters. The minimum Gasteiger partial charge on any atom is -0.354 e. The van der Waals surface area contributed by atoms with E-state index in [2.05, 4.69) is 10.6 Å². The molecule has 0 atom stereocenters. The molecule has 1 fully saturated rings. The molecule has 0 aliphatic heterocycles. The van der Waals surface area contributed by atoms with Gasteiger partial charge in [0, 0.05) is 25.6 Å². The highest BCUT2D eigenvalue weighted by Gasteiger charge is 2.29. The predicted molar refractivity (Wildman–Crippen MR) is 61.6 cm³/mol. The summed E-state index contributed by atoms with van der Waals surface area (Å²) in [5, 5.41) is 5.54. The van der Waals surface area contributed by atoms with Gasteiger partial charge in [-0.2, -0.15) is 0 Å². The lowest BCUT2D eigenvalue weighted by Gasteiger charge is -2.21. The summed E-state index contributed by atoms with van der Waals surface area (Å²) in [6.45, 7) is 4.85. The average Bonchev–Trinajstić information content (AvgIpc) is 3.07. The van der Waals surface area contributed by atoms with Crippen molar-refractivity contribution in [2.24, 2.45) is 17.1 Å². The van der Waals surface area contributed by atoms with E-state index in [0.29, 0.717) is 19.6 Å². The maximum Gasteiger partial charge on any atom is 0.226 e. The Balaban J connectivity index is 2.10. The third kappa shape index (κ3) is 3.81. The second kappa shape index (κ2) is 5.30. The van der Waals surface area contributed by atoms with Crippen LogP contribution >= 0.6 is 0 Å². The molecule has 1 rings (SSSR count). The first kappa shape index (κ1) is 13.0. The molecule has 0 heterocycles. The number of hydrogen-bond acceptors (Lipinski definition) is 3. The molecule has 5 nitrogen and oxygen atoms in total. The average molecular weight is 227 g/mol. The quantitative estimate of drug-likeness (QED) is 0.540. The Bertz CT molecular complexity index is 272. The molecular formula is C11H21N3O2. The van der Waals surface area contributed by atoms with Gasteiger partial charge in [-0.15, -0.1) is 0 Å². The van der Waals surface area contributed by atoms with Gasteiger partial charge in [0.2, 0.25) is 11.8 Å². The third-order valence-corrected chi connectivity index (χ3v) is 2.78. The molecule has 1 aliphatic rings. The number of rotatable bonds is 6. The van der Waals surface area contributed by atoms with Crippen LogP contribution < -0.4 is 16.4 Å². The third-order valence-electron chi connectivity index (χ3n) is 2.78. The Morgan fingerprint density at radius 2 is 1.81 bits per heavy atom. The zero-order valence-corrected chi connectivity index (χ0v) is 10.0. The van der Waals surface area contributed by atoms with Gasteiger partial charge in [0.15, 0.2) is 0 Å². The highest BCUT2D eigenvalue weighted by atomic mass is 16.2. The van der Waals surface area contributed by atoms with E-state index in [1.807, 2.05) is 0 Å². The lowest BCUT2D eigenvalue weighted by atomic mass is 9.93. The van der Waals surface area contributed by atoms with Crippen LogP contribution in [-0.2, 0) is 9.59 Å². The van der Waals surface area contributed by atoms with Crippen LogP contribution in [0, 0.1) is 11.3 Å². The lowest BCUT2D eigenvalue weighted by Crippen LogP contribution is -2.44. The van der Waals surface area contributed by atoms with Crippen LogP contribution in [0.1, 0.15) is 26.7 Å². The molecule has 5 heteroatoms. The van der Waals surface area contributed by atoms with E-state index in [1.165, 1.54) is 0 Å². The summed E-state index contributed by atoms with van der Waals surface area (Å²) in [6, 6.07) is 0. The van der Waals surface area contributed by atoms with Crippen LogP contribution in [0.5, 0.6) is 0 Å². The van der Waals surface area contributed by atoms with Gasteiger partial charge >= 0.3 is 0 Å². The summed E-state index contributed by atoms with van der Waals surface area (Å²) < 4.78 is 0. The van der Waals surface area contributed by atoms with Gasteiger partial charge < -0.3 is 16.4 Å². The first-order valence-corrected chi connectivity index (χ1v) is 5.73. The summed E-state index contributed by atoms with van der Waals surface area (Å²) >= 11 is 0. The largest absolute Gasteiger partial charge is 0.354 e. The molecule has 0 radical (unpaired) electrons. The van der Waals surface area contributed by atoms with Crippen molar-refractivity contribution in [1.29, 1.82) is 0 Å². The minimum absolute atomic E-state index is 0.0735. The monoisotopic (exact) mass is 227 g/mol. The summed E-state index contributed by atoms with van der Waals surface area (Å²) in [7, 11) is 0. The topological polar surface area (TPSA) is 84.2 Å². The second-order valence-electron chi connectivity index (χ2n) is 4.91. The van der Waals surface area contributed by atoms with Crippen molar-refractivity contribution in [3.8, 4) is 0 Å². The molecule has 16 heavy (non-hydrogen) atoms. The van der Waals surface area contributed by atoms with Crippen LogP contribution in [0.4, 0.5) is 0 Å². The van der Waals surface area contributed by atoms with Gasteiger partial charge in [-0.1, -0.05) is 0 Å². The van der Waals surface area contributed by atoms with Crippen LogP contribution in [0.3, 0.4) is 0 Å². The number of nitrogens with one attached hydrogen (secondary N) is 2. The highest BCUT2D eigenvalue weighted by Crippen LogP contribution is 2.28. The van der Waals surface area contributed by atoms with E-state index < -0.39 is 5.41 Å². The van der Waals surface area contributed by atoms with E-state index in [4.69, 9.17) is 5.73 Å². The fourth-order valence-electron chi connectivity index (χ4n) is 1.18. The molecular weight excluding hydrogens is 206 g/mol. The van der Waals surface area contributed by atoms with Crippen LogP contribution in [0.25, 0.3) is 0 Å². The molecule has 0 aromatic carbocycles. The summed E-state index contributed by atoms with van der Waals surface area (Å²) in [5.74, 6) is 0.249. The van der Waals surface area contributed by atoms with Crippen molar-refractivity contribution in [2.75, 3.05) is 19.6 Å². The Kier molecular flexibility index (Phi) is 4.29. The molecule has 0 bridgehead atoms. The zero-order chi connectivity index (χ0) is 12.2. The normalized spacial score (nSPS) is 15.7. The van der Waals surface area contributed by atoms with Crippen molar-refractivity contribution in [3.63, 3.8) is 0 Å². The van der Waals surface area contributed by atoms with Gasteiger partial charge in [-0.3, -0.25) is 9.59 Å². The smallest absolute Gasteiger partial charge is 0.226 e. The van der Waals surface area contributed by atoms with Crippen molar-refractivity contribution < 1.29 is 9.59 Å². The lowest BCUT2D eigenvalue weighted by molar-refractivity contribution is -0.129. The molecule has 1 aliphatic carbocycles. The van der Waals surface area contributed by atoms with Crippen molar-refractivity contribution >= 4 is 11.8 Å². The van der Waals surface area contributed by atoms with E-state index in [-0.39, 0.29) is 17.7 Å². The van der Waals surface area contributed by atoms with E-state index in [9.17, 15) is 9.59 Å². The van der Waals surface area contributed by atoms with Crippen molar-refractivity contribution in [1.82, 2.24) is 10.6 Å². The molecule has 2 amide bonds. The summed E-state index contributed by atoms with van der Waals surface area (Å²) in [6.07, 6.45) is 2.00. The Morgan fingerprint density at radius 3 is 2.31 bits per heavy atom. The zero-order valence-electron chi connectivity index (χ0n) is 10.0. The van der Waals surface area contributed by atoms with Gasteiger partial charge in [-0.25, -0.2) is 0 Å². The number of carbonyl (C=O) groups excluding carboxylic acids is 2. The maximum absolute atomic E-state index is 11.6. The molecule has 0 saturated heterocycles. The molecule has 92 valence electrons. The van der Waals surface area contributed by atoms with E-state index in [0.717, 1.165) is 12.8 Å². The molecule has 0 spiro atoms. The second-order valence-corrected chi connectivity index (χ2v) is 4.91. The molecule has 0 aromatic heterocycles. The van der Waals surface area contributed by atoms with Crippen LogP contribution in [-0.4, -0.2) is 31.4 Å². The standard InChI is InChI=1S/C11H21N3O2/c1-11(2,7-12)10(16)14-6-5-13-9(15)8-3-4-8/h8H,3-7,12H2,1-2H3,(H,13,15)(H,14,16). The van der Waals surface area contributed by atoms with Gasteiger partial charge in [0.25, 0.3) is 0 Å². The van der Waals surface area contributed by atoms with E-state index in [1.54, 1.807) is 13.8 Å². The van der Waals surface area contributed by atoms with Crippen LogP contribution in [0.15, 0.2) is 0 Å². The Morgan fingerprint density at radius 1 is 1.25 bits per heavy atom. The van der Waals surface area contributed by atoms with E-state index >= 15 is 0 Å².